The van der Waals surface area contributed by atoms with Gasteiger partial charge in [-0.2, -0.15) is 0 Å². The number of carbonyl (C=O) groups is 3. The molecule has 2 amide bonds. The van der Waals surface area contributed by atoms with Crippen LogP contribution in [0.5, 0.6) is 5.75 Å². The number of halogens is 1. The fourth-order valence-electron chi connectivity index (χ4n) is 3.67. The van der Waals surface area contributed by atoms with Crippen LogP contribution < -0.4 is 10.1 Å². The number of nitrogens with zero attached hydrogens (tertiary/aromatic N) is 2. The molecule has 1 heterocycles. The second kappa shape index (κ2) is 11.9. The molecule has 1 saturated heterocycles. The summed E-state index contributed by atoms with van der Waals surface area (Å²) in [5.41, 5.74) is 2.26. The number of carboxylic acid groups (broad SMARTS) is 1. The Bertz CT molecular complexity index is 1310. The number of carbonyl (C=O) groups excluding carboxylic acids is 2. The van der Waals surface area contributed by atoms with Gasteiger partial charge in [0.05, 0.1) is 18.4 Å². The number of amidine groups is 1. The van der Waals surface area contributed by atoms with Crippen molar-refractivity contribution >= 4 is 57.7 Å². The van der Waals surface area contributed by atoms with Crippen LogP contribution >= 0.6 is 23.4 Å². The molecule has 190 valence electrons. The third kappa shape index (κ3) is 6.90. The minimum atomic E-state index is -1.05. The van der Waals surface area contributed by atoms with Crippen molar-refractivity contribution in [2.45, 2.75) is 18.1 Å². The molecule has 1 atom stereocenters. The summed E-state index contributed by atoms with van der Waals surface area (Å²) in [4.78, 5) is 43.4. The van der Waals surface area contributed by atoms with Gasteiger partial charge < -0.3 is 15.2 Å². The Morgan fingerprint density at radius 3 is 2.35 bits per heavy atom. The molecule has 0 aromatic heterocycles. The van der Waals surface area contributed by atoms with Crippen LogP contribution in [0.4, 0.5) is 11.4 Å². The number of carboxylic acids is 1. The third-order valence-electron chi connectivity index (χ3n) is 5.64. The van der Waals surface area contributed by atoms with E-state index in [1.165, 1.54) is 36.0 Å². The lowest BCUT2D eigenvalue weighted by molar-refractivity contribution is -0.128. The molecule has 0 spiro atoms. The van der Waals surface area contributed by atoms with E-state index in [0.29, 0.717) is 40.3 Å². The fourth-order valence-corrected chi connectivity index (χ4v) is 4.98. The molecule has 0 bridgehead atoms. The largest absolute Gasteiger partial charge is 0.497 e. The van der Waals surface area contributed by atoms with Gasteiger partial charge in [0.2, 0.25) is 11.8 Å². The highest BCUT2D eigenvalue weighted by molar-refractivity contribution is 8.15. The number of anilines is 1. The molecule has 1 aliphatic heterocycles. The second-order valence-electron chi connectivity index (χ2n) is 8.20. The van der Waals surface area contributed by atoms with E-state index in [1.54, 1.807) is 48.4 Å². The van der Waals surface area contributed by atoms with Gasteiger partial charge in [0, 0.05) is 23.7 Å². The van der Waals surface area contributed by atoms with Gasteiger partial charge in [-0.15, -0.1) is 0 Å². The number of methoxy groups -OCH3 is 1. The lowest BCUT2D eigenvalue weighted by Crippen LogP contribution is -2.35. The quantitative estimate of drug-likeness (QED) is 0.386. The van der Waals surface area contributed by atoms with Crippen LogP contribution in [-0.2, 0) is 16.0 Å². The monoisotopic (exact) mass is 537 g/mol. The number of aliphatic imine (C=N–C) groups is 1. The first-order valence-electron chi connectivity index (χ1n) is 11.4. The summed E-state index contributed by atoms with van der Waals surface area (Å²) in [5, 5.41) is 12.3. The molecule has 3 aromatic rings. The maximum Gasteiger partial charge on any atom is 0.335 e. The first-order valence-corrected chi connectivity index (χ1v) is 12.7. The van der Waals surface area contributed by atoms with Crippen molar-refractivity contribution in [3.63, 3.8) is 0 Å². The van der Waals surface area contributed by atoms with Crippen molar-refractivity contribution in [2.24, 2.45) is 4.99 Å². The van der Waals surface area contributed by atoms with Crippen LogP contribution in [0.15, 0.2) is 77.8 Å². The molecule has 2 N–H and O–H groups in total. The van der Waals surface area contributed by atoms with Crippen LogP contribution in [0.2, 0.25) is 5.02 Å². The molecule has 1 fully saturated rings. The van der Waals surface area contributed by atoms with Gasteiger partial charge in [-0.05, 0) is 72.6 Å². The Morgan fingerprint density at radius 1 is 1.05 bits per heavy atom. The van der Waals surface area contributed by atoms with E-state index in [1.807, 2.05) is 12.1 Å². The SMILES string of the molecule is COc1ccc(N=C2SC(CC(=O)Nc3ccc(C(=O)O)cc3)C(=O)N2CCc2ccc(Cl)cc2)cc1. The van der Waals surface area contributed by atoms with Gasteiger partial charge in [0.1, 0.15) is 11.0 Å². The lowest BCUT2D eigenvalue weighted by Gasteiger charge is -2.16. The molecule has 1 unspecified atom stereocenters. The fraction of sp³-hybridized carbons (Fsp3) is 0.185. The second-order valence-corrected chi connectivity index (χ2v) is 9.81. The Labute approximate surface area is 223 Å². The highest BCUT2D eigenvalue weighted by atomic mass is 35.5. The number of rotatable bonds is 9. The third-order valence-corrected chi connectivity index (χ3v) is 7.07. The minimum Gasteiger partial charge on any atom is -0.497 e. The zero-order valence-electron chi connectivity index (χ0n) is 19.9. The number of benzene rings is 3. The molecule has 4 rings (SSSR count). The predicted octanol–water partition coefficient (Wildman–Crippen LogP) is 5.25. The summed E-state index contributed by atoms with van der Waals surface area (Å²) >= 11 is 7.23. The average Bonchev–Trinajstić information content (AvgIpc) is 3.17. The molecule has 0 aliphatic carbocycles. The zero-order chi connectivity index (χ0) is 26.4. The van der Waals surface area contributed by atoms with E-state index in [9.17, 15) is 14.4 Å². The Hall–Kier alpha value is -3.82. The molecular formula is C27H24ClN3O5S. The average molecular weight is 538 g/mol. The maximum absolute atomic E-state index is 13.3. The van der Waals surface area contributed by atoms with Crippen molar-refractivity contribution in [3.05, 3.63) is 88.9 Å². The summed E-state index contributed by atoms with van der Waals surface area (Å²) < 4.78 is 5.20. The molecule has 8 nitrogen and oxygen atoms in total. The van der Waals surface area contributed by atoms with Crippen LogP contribution in [0, 0.1) is 0 Å². The summed E-state index contributed by atoms with van der Waals surface area (Å²) in [7, 11) is 1.58. The summed E-state index contributed by atoms with van der Waals surface area (Å²) in [6.07, 6.45) is 0.545. The van der Waals surface area contributed by atoms with Crippen LogP contribution in [0.25, 0.3) is 0 Å². The Kier molecular flexibility index (Phi) is 8.47. The van der Waals surface area contributed by atoms with Crippen LogP contribution in [0.3, 0.4) is 0 Å². The van der Waals surface area contributed by atoms with E-state index < -0.39 is 11.2 Å². The lowest BCUT2D eigenvalue weighted by atomic mass is 10.1. The molecule has 3 aromatic carbocycles. The van der Waals surface area contributed by atoms with Crippen molar-refractivity contribution in [1.82, 2.24) is 4.90 Å². The summed E-state index contributed by atoms with van der Waals surface area (Å²) in [6.45, 7) is 0.400. The number of ether oxygens (including phenoxy) is 1. The van der Waals surface area contributed by atoms with Crippen molar-refractivity contribution in [1.29, 1.82) is 0 Å². The number of hydrogen-bond donors (Lipinski definition) is 2. The van der Waals surface area contributed by atoms with Gasteiger partial charge in [0.15, 0.2) is 5.17 Å². The van der Waals surface area contributed by atoms with Crippen molar-refractivity contribution < 1.29 is 24.2 Å². The van der Waals surface area contributed by atoms with Crippen LogP contribution in [0.1, 0.15) is 22.3 Å². The molecule has 1 aliphatic rings. The van der Waals surface area contributed by atoms with E-state index in [0.717, 1.165) is 5.56 Å². The molecule has 0 saturated carbocycles. The highest BCUT2D eigenvalue weighted by Gasteiger charge is 2.39. The minimum absolute atomic E-state index is 0.0523. The normalized spacial score (nSPS) is 16.2. The topological polar surface area (TPSA) is 108 Å². The van der Waals surface area contributed by atoms with E-state index >= 15 is 0 Å². The smallest absolute Gasteiger partial charge is 0.335 e. The van der Waals surface area contributed by atoms with Gasteiger partial charge in [-0.25, -0.2) is 9.79 Å². The van der Waals surface area contributed by atoms with E-state index in [-0.39, 0.29) is 23.8 Å². The number of amides is 2. The Balaban J connectivity index is 1.48. The molecular weight excluding hydrogens is 514 g/mol. The van der Waals surface area contributed by atoms with Gasteiger partial charge in [0.25, 0.3) is 0 Å². The predicted molar refractivity (Wildman–Crippen MR) is 145 cm³/mol. The molecule has 0 radical (unpaired) electrons. The van der Waals surface area contributed by atoms with Crippen LogP contribution in [-0.4, -0.2) is 51.9 Å². The number of thioether (sulfide) groups is 1. The maximum atomic E-state index is 13.3. The summed E-state index contributed by atoms with van der Waals surface area (Å²) in [6, 6.07) is 20.5. The molecule has 10 heteroatoms. The number of nitrogens with one attached hydrogen (secondary N) is 1. The van der Waals surface area contributed by atoms with E-state index in [2.05, 4.69) is 10.3 Å². The van der Waals surface area contributed by atoms with E-state index in [4.69, 9.17) is 21.4 Å². The number of aromatic carboxylic acids is 1. The first kappa shape index (κ1) is 26.2. The highest BCUT2D eigenvalue weighted by Crippen LogP contribution is 2.32. The van der Waals surface area contributed by atoms with Crippen molar-refractivity contribution in [3.8, 4) is 5.75 Å². The van der Waals surface area contributed by atoms with Crippen molar-refractivity contribution in [2.75, 3.05) is 19.0 Å². The Morgan fingerprint density at radius 2 is 1.73 bits per heavy atom. The zero-order valence-corrected chi connectivity index (χ0v) is 21.5. The van der Waals surface area contributed by atoms with Gasteiger partial charge in [-0.3, -0.25) is 14.5 Å². The number of hydrogen-bond acceptors (Lipinski definition) is 6. The summed E-state index contributed by atoms with van der Waals surface area (Å²) in [5.74, 6) is -0.891. The molecule has 37 heavy (non-hydrogen) atoms. The standard InChI is InChI=1S/C27H24ClN3O5S/c1-36-22-12-10-21(11-13-22)30-27-31(15-14-17-2-6-19(28)7-3-17)25(33)23(37-27)16-24(32)29-20-8-4-18(5-9-20)26(34)35/h2-13,23H,14-16H2,1H3,(H,29,32)(H,34,35). The first-order chi connectivity index (χ1) is 17.8. The van der Waals surface area contributed by atoms with Gasteiger partial charge >= 0.3 is 5.97 Å². The van der Waals surface area contributed by atoms with Gasteiger partial charge in [-0.1, -0.05) is 35.5 Å².